The number of likely N-dealkylation sites (tertiary alicyclic amines) is 1. The summed E-state index contributed by atoms with van der Waals surface area (Å²) < 4.78 is 5.52. The zero-order valence-corrected chi connectivity index (χ0v) is 14.9. The summed E-state index contributed by atoms with van der Waals surface area (Å²) in [5.74, 6) is 0. The minimum absolute atomic E-state index is 0.0406. The molecule has 6 heteroatoms. The van der Waals surface area contributed by atoms with Gasteiger partial charge in [-0.2, -0.15) is 0 Å². The Hall–Kier alpha value is -1.92. The van der Waals surface area contributed by atoms with Gasteiger partial charge in [0.2, 0.25) is 0 Å². The number of aromatic nitrogens is 1. The lowest BCUT2D eigenvalue weighted by atomic mass is 10.1. The smallest absolute Gasteiger partial charge is 0.318 e. The number of urea groups is 1. The number of hydrogen-bond donors (Lipinski definition) is 1. The number of benzene rings is 1. The van der Waals surface area contributed by atoms with Gasteiger partial charge in [0.05, 0.1) is 22.8 Å². The fraction of sp³-hybridized carbons (Fsp3) is 0.444. The molecule has 2 heterocycles. The van der Waals surface area contributed by atoms with E-state index >= 15 is 0 Å². The van der Waals surface area contributed by atoms with Crippen molar-refractivity contribution in [1.82, 2.24) is 15.2 Å². The number of hydrogen-bond acceptors (Lipinski definition) is 4. The number of ether oxygens (including phenoxy) is 1. The summed E-state index contributed by atoms with van der Waals surface area (Å²) in [6, 6.07) is 10.00. The maximum absolute atomic E-state index is 12.6. The van der Waals surface area contributed by atoms with Crippen molar-refractivity contribution < 1.29 is 9.53 Å². The van der Waals surface area contributed by atoms with Crippen LogP contribution in [0.4, 0.5) is 4.79 Å². The Balaban J connectivity index is 1.61. The van der Waals surface area contributed by atoms with Crippen LogP contribution in [-0.4, -0.2) is 36.1 Å². The quantitative estimate of drug-likeness (QED) is 0.899. The normalized spacial score (nSPS) is 18.6. The van der Waals surface area contributed by atoms with Gasteiger partial charge >= 0.3 is 6.03 Å². The predicted octanol–water partition coefficient (Wildman–Crippen LogP) is 3.69. The van der Waals surface area contributed by atoms with Crippen LogP contribution < -0.4 is 5.32 Å². The molecule has 2 aromatic rings. The third kappa shape index (κ3) is 3.76. The molecule has 5 nitrogen and oxygen atoms in total. The fourth-order valence-corrected chi connectivity index (χ4v) is 3.80. The molecular weight excluding hydrogens is 322 g/mol. The third-order valence-corrected chi connectivity index (χ3v) is 5.18. The molecule has 2 atom stereocenters. The summed E-state index contributed by atoms with van der Waals surface area (Å²) in [7, 11) is 1.67. The third-order valence-electron chi connectivity index (χ3n) is 4.39. The Bertz CT molecular complexity index is 674. The van der Waals surface area contributed by atoms with E-state index in [0.29, 0.717) is 6.54 Å². The average Bonchev–Trinajstić information content (AvgIpc) is 3.25. The fourth-order valence-electron chi connectivity index (χ4n) is 3.14. The van der Waals surface area contributed by atoms with Gasteiger partial charge in [0.25, 0.3) is 0 Å². The van der Waals surface area contributed by atoms with E-state index in [1.807, 2.05) is 42.2 Å². The first kappa shape index (κ1) is 16.9. The molecule has 0 saturated carbocycles. The van der Waals surface area contributed by atoms with Gasteiger partial charge in [-0.05, 0) is 25.3 Å². The number of carbonyl (C=O) groups excluding carboxylic acids is 1. The first-order valence-corrected chi connectivity index (χ1v) is 9.11. The number of thiazole rings is 1. The molecule has 0 spiro atoms. The summed E-state index contributed by atoms with van der Waals surface area (Å²) in [6.45, 7) is 3.23. The van der Waals surface area contributed by atoms with E-state index in [0.717, 1.165) is 35.7 Å². The Morgan fingerprint density at radius 2 is 2.25 bits per heavy atom. The van der Waals surface area contributed by atoms with Crippen LogP contribution in [0.2, 0.25) is 0 Å². The van der Waals surface area contributed by atoms with Crippen LogP contribution in [0, 0.1) is 6.92 Å². The van der Waals surface area contributed by atoms with E-state index in [2.05, 4.69) is 15.7 Å². The minimum Gasteiger partial charge on any atom is -0.375 e. The largest absolute Gasteiger partial charge is 0.375 e. The SMILES string of the molecule is CO[C@H](CNC(=O)N1CCC[C@@H]1c1csc(C)n1)c1ccccc1. The van der Waals surface area contributed by atoms with Gasteiger partial charge in [-0.1, -0.05) is 30.3 Å². The van der Waals surface area contributed by atoms with Crippen LogP contribution in [-0.2, 0) is 4.74 Å². The van der Waals surface area contributed by atoms with Crippen molar-refractivity contribution in [2.24, 2.45) is 0 Å². The number of carbonyl (C=O) groups is 1. The van der Waals surface area contributed by atoms with Gasteiger partial charge < -0.3 is 15.0 Å². The summed E-state index contributed by atoms with van der Waals surface area (Å²) in [5.41, 5.74) is 2.07. The van der Waals surface area contributed by atoms with Crippen molar-refractivity contribution >= 4 is 17.4 Å². The summed E-state index contributed by atoms with van der Waals surface area (Å²) in [5, 5.41) is 6.12. The van der Waals surface area contributed by atoms with Crippen LogP contribution in [0.3, 0.4) is 0 Å². The van der Waals surface area contributed by atoms with Crippen LogP contribution in [0.1, 0.15) is 41.3 Å². The van der Waals surface area contributed by atoms with Gasteiger partial charge in [0.1, 0.15) is 0 Å². The summed E-state index contributed by atoms with van der Waals surface area (Å²) in [4.78, 5) is 19.1. The molecule has 1 N–H and O–H groups in total. The molecule has 3 rings (SSSR count). The van der Waals surface area contributed by atoms with Gasteiger partial charge in [0, 0.05) is 25.6 Å². The second-order valence-electron chi connectivity index (χ2n) is 5.96. The number of nitrogens with zero attached hydrogens (tertiary/aromatic N) is 2. The lowest BCUT2D eigenvalue weighted by Crippen LogP contribution is -2.41. The van der Waals surface area contributed by atoms with Crippen LogP contribution >= 0.6 is 11.3 Å². The second kappa shape index (κ2) is 7.77. The number of methoxy groups -OCH3 is 1. The standard InChI is InChI=1S/C18H23N3O2S/c1-13-20-15(12-24-13)16-9-6-10-21(16)18(22)19-11-17(23-2)14-7-4-3-5-8-14/h3-5,7-8,12,16-17H,6,9-11H2,1-2H3,(H,19,22)/t16-,17-/m1/s1. The maximum Gasteiger partial charge on any atom is 0.318 e. The zero-order chi connectivity index (χ0) is 16.9. The van der Waals surface area contributed by atoms with Crippen molar-refractivity contribution in [3.8, 4) is 0 Å². The first-order chi connectivity index (χ1) is 11.7. The van der Waals surface area contributed by atoms with Crippen molar-refractivity contribution in [2.75, 3.05) is 20.2 Å². The van der Waals surface area contributed by atoms with Crippen LogP contribution in [0.5, 0.6) is 0 Å². The molecule has 0 bridgehead atoms. The molecular formula is C18H23N3O2S. The summed E-state index contributed by atoms with van der Waals surface area (Å²) >= 11 is 1.63. The molecule has 1 fully saturated rings. The molecule has 0 radical (unpaired) electrons. The monoisotopic (exact) mass is 345 g/mol. The molecule has 1 aromatic heterocycles. The van der Waals surface area contributed by atoms with E-state index in [-0.39, 0.29) is 18.2 Å². The highest BCUT2D eigenvalue weighted by molar-refractivity contribution is 7.09. The highest BCUT2D eigenvalue weighted by atomic mass is 32.1. The maximum atomic E-state index is 12.6. The highest BCUT2D eigenvalue weighted by Crippen LogP contribution is 2.32. The highest BCUT2D eigenvalue weighted by Gasteiger charge is 2.31. The van der Waals surface area contributed by atoms with Crippen molar-refractivity contribution in [2.45, 2.75) is 31.9 Å². The van der Waals surface area contributed by atoms with Gasteiger partial charge in [-0.3, -0.25) is 0 Å². The molecule has 128 valence electrons. The molecule has 0 aliphatic carbocycles. The number of amides is 2. The zero-order valence-electron chi connectivity index (χ0n) is 14.1. The second-order valence-corrected chi connectivity index (χ2v) is 7.03. The average molecular weight is 345 g/mol. The van der Waals surface area contributed by atoms with E-state index in [9.17, 15) is 4.79 Å². The van der Waals surface area contributed by atoms with E-state index in [1.54, 1.807) is 18.4 Å². The van der Waals surface area contributed by atoms with Gasteiger partial charge in [0.15, 0.2) is 0 Å². The molecule has 1 saturated heterocycles. The molecule has 1 aliphatic heterocycles. The van der Waals surface area contributed by atoms with E-state index in [4.69, 9.17) is 4.74 Å². The molecule has 2 amide bonds. The Morgan fingerprint density at radius 1 is 1.46 bits per heavy atom. The molecule has 1 aliphatic rings. The Kier molecular flexibility index (Phi) is 5.48. The van der Waals surface area contributed by atoms with Crippen molar-refractivity contribution in [1.29, 1.82) is 0 Å². The van der Waals surface area contributed by atoms with Crippen LogP contribution in [0.15, 0.2) is 35.7 Å². The predicted molar refractivity (Wildman–Crippen MR) is 95.1 cm³/mol. The Labute approximate surface area is 146 Å². The lowest BCUT2D eigenvalue weighted by Gasteiger charge is -2.25. The number of nitrogens with one attached hydrogen (secondary N) is 1. The number of rotatable bonds is 5. The van der Waals surface area contributed by atoms with Crippen molar-refractivity contribution in [3.63, 3.8) is 0 Å². The van der Waals surface area contributed by atoms with E-state index in [1.165, 1.54) is 0 Å². The minimum atomic E-state index is -0.141. The van der Waals surface area contributed by atoms with Crippen molar-refractivity contribution in [3.05, 3.63) is 52.0 Å². The molecule has 0 unspecified atom stereocenters. The van der Waals surface area contributed by atoms with Crippen LogP contribution in [0.25, 0.3) is 0 Å². The number of aryl methyl sites for hydroxylation is 1. The molecule has 24 heavy (non-hydrogen) atoms. The van der Waals surface area contributed by atoms with E-state index < -0.39 is 0 Å². The van der Waals surface area contributed by atoms with Gasteiger partial charge in [-0.15, -0.1) is 11.3 Å². The first-order valence-electron chi connectivity index (χ1n) is 8.23. The molecule has 1 aromatic carbocycles. The summed E-state index contributed by atoms with van der Waals surface area (Å²) in [6.07, 6.45) is 1.85. The topological polar surface area (TPSA) is 54.5 Å². The van der Waals surface area contributed by atoms with Gasteiger partial charge in [-0.25, -0.2) is 9.78 Å². The lowest BCUT2D eigenvalue weighted by molar-refractivity contribution is 0.101. The Morgan fingerprint density at radius 3 is 2.92 bits per heavy atom.